The number of nitrogens with one attached hydrogen (secondary N) is 2. The van der Waals surface area contributed by atoms with Crippen LogP contribution in [0.3, 0.4) is 0 Å². The Morgan fingerprint density at radius 3 is 2.38 bits per heavy atom. The number of sulfonamides is 1. The van der Waals surface area contributed by atoms with Crippen LogP contribution in [0.1, 0.15) is 18.1 Å². The largest absolute Gasteiger partial charge is 0.497 e. The lowest BCUT2D eigenvalue weighted by atomic mass is 10.2. The van der Waals surface area contributed by atoms with Gasteiger partial charge in [0.25, 0.3) is 10.0 Å². The summed E-state index contributed by atoms with van der Waals surface area (Å²) in [5.41, 5.74) is 2.08. The second-order valence-corrected chi connectivity index (χ2v) is 7.12. The van der Waals surface area contributed by atoms with Crippen LogP contribution in [-0.4, -0.2) is 21.4 Å². The first kappa shape index (κ1) is 17.8. The maximum absolute atomic E-state index is 12.7. The molecule has 0 aliphatic carbocycles. The highest BCUT2D eigenvalue weighted by Crippen LogP contribution is 2.30. The second-order valence-electron chi connectivity index (χ2n) is 5.47. The number of amides is 1. The van der Waals surface area contributed by atoms with E-state index in [4.69, 9.17) is 4.74 Å². The zero-order valence-electron chi connectivity index (χ0n) is 14.0. The van der Waals surface area contributed by atoms with Crippen LogP contribution in [0.5, 0.6) is 5.75 Å². The third kappa shape index (κ3) is 4.05. The number of carbonyl (C=O) groups is 1. The highest BCUT2D eigenvalue weighted by molar-refractivity contribution is 7.92. The molecule has 2 rings (SSSR count). The summed E-state index contributed by atoms with van der Waals surface area (Å²) in [5, 5.41) is 2.60. The topological polar surface area (TPSA) is 84.5 Å². The summed E-state index contributed by atoms with van der Waals surface area (Å²) in [6.45, 7) is 4.91. The normalized spacial score (nSPS) is 11.0. The van der Waals surface area contributed by atoms with Crippen molar-refractivity contribution in [3.05, 3.63) is 47.5 Å². The second kappa shape index (κ2) is 6.92. The van der Waals surface area contributed by atoms with Gasteiger partial charge in [0.1, 0.15) is 5.75 Å². The molecule has 0 aromatic heterocycles. The number of rotatable bonds is 5. The number of hydrogen-bond acceptors (Lipinski definition) is 4. The minimum absolute atomic E-state index is 0.194. The number of carbonyl (C=O) groups excluding carboxylic acids is 1. The highest BCUT2D eigenvalue weighted by atomic mass is 32.2. The van der Waals surface area contributed by atoms with Gasteiger partial charge in [0.05, 0.1) is 23.4 Å². The predicted octanol–water partition coefficient (Wildman–Crippen LogP) is 3.07. The Hall–Kier alpha value is -2.54. The Morgan fingerprint density at radius 1 is 1.04 bits per heavy atom. The SMILES string of the molecule is COc1ccc(NC(C)=O)c(NS(=O)(=O)c2cc(C)ccc2C)c1. The van der Waals surface area contributed by atoms with E-state index >= 15 is 0 Å². The molecule has 7 heteroatoms. The van der Waals surface area contributed by atoms with Crippen LogP contribution >= 0.6 is 0 Å². The lowest BCUT2D eigenvalue weighted by Crippen LogP contribution is -2.17. The van der Waals surface area contributed by atoms with Crippen molar-refractivity contribution in [1.82, 2.24) is 0 Å². The van der Waals surface area contributed by atoms with Gasteiger partial charge >= 0.3 is 0 Å². The van der Waals surface area contributed by atoms with Crippen molar-refractivity contribution in [2.75, 3.05) is 17.1 Å². The van der Waals surface area contributed by atoms with Gasteiger partial charge in [0, 0.05) is 13.0 Å². The van der Waals surface area contributed by atoms with Crippen molar-refractivity contribution in [3.63, 3.8) is 0 Å². The lowest BCUT2D eigenvalue weighted by Gasteiger charge is -2.15. The molecule has 2 aromatic rings. The Labute approximate surface area is 141 Å². The highest BCUT2D eigenvalue weighted by Gasteiger charge is 2.19. The van der Waals surface area contributed by atoms with Crippen LogP contribution in [0.25, 0.3) is 0 Å². The summed E-state index contributed by atoms with van der Waals surface area (Å²) in [6, 6.07) is 9.96. The molecule has 0 saturated carbocycles. The molecule has 1 amide bonds. The van der Waals surface area contributed by atoms with Crippen LogP contribution in [0.15, 0.2) is 41.3 Å². The van der Waals surface area contributed by atoms with Crippen molar-refractivity contribution >= 4 is 27.3 Å². The van der Waals surface area contributed by atoms with Gasteiger partial charge in [-0.1, -0.05) is 12.1 Å². The summed E-state index contributed by atoms with van der Waals surface area (Å²) in [4.78, 5) is 11.5. The average molecular weight is 348 g/mol. The maximum Gasteiger partial charge on any atom is 0.262 e. The molecule has 0 aliphatic rings. The molecule has 6 nitrogen and oxygen atoms in total. The first-order valence-electron chi connectivity index (χ1n) is 7.28. The van der Waals surface area contributed by atoms with E-state index in [9.17, 15) is 13.2 Å². The molecule has 0 aliphatic heterocycles. The Kier molecular flexibility index (Phi) is 5.14. The summed E-state index contributed by atoms with van der Waals surface area (Å²) >= 11 is 0. The quantitative estimate of drug-likeness (QED) is 0.870. The van der Waals surface area contributed by atoms with Crippen molar-refractivity contribution < 1.29 is 17.9 Å². The number of methoxy groups -OCH3 is 1. The summed E-state index contributed by atoms with van der Waals surface area (Å²) in [5.74, 6) is 0.176. The zero-order chi connectivity index (χ0) is 17.9. The molecule has 24 heavy (non-hydrogen) atoms. The van der Waals surface area contributed by atoms with Crippen LogP contribution in [0.4, 0.5) is 11.4 Å². The average Bonchev–Trinajstić information content (AvgIpc) is 2.50. The lowest BCUT2D eigenvalue weighted by molar-refractivity contribution is -0.114. The molecule has 2 N–H and O–H groups in total. The number of hydrogen-bond donors (Lipinski definition) is 2. The molecule has 2 aromatic carbocycles. The van der Waals surface area contributed by atoms with E-state index < -0.39 is 10.0 Å². The number of anilines is 2. The third-order valence-electron chi connectivity index (χ3n) is 3.41. The van der Waals surface area contributed by atoms with E-state index in [1.807, 2.05) is 13.0 Å². The van der Waals surface area contributed by atoms with E-state index in [2.05, 4.69) is 10.0 Å². The minimum Gasteiger partial charge on any atom is -0.497 e. The molecular weight excluding hydrogens is 328 g/mol. The summed E-state index contributed by atoms with van der Waals surface area (Å²) < 4.78 is 33.2. The van der Waals surface area contributed by atoms with Crippen molar-refractivity contribution in [2.24, 2.45) is 0 Å². The monoisotopic (exact) mass is 348 g/mol. The van der Waals surface area contributed by atoms with Crippen LogP contribution in [-0.2, 0) is 14.8 Å². The third-order valence-corrected chi connectivity index (χ3v) is 4.92. The molecule has 0 unspecified atom stereocenters. The minimum atomic E-state index is -3.81. The molecule has 0 fully saturated rings. The number of benzene rings is 2. The molecule has 128 valence electrons. The van der Waals surface area contributed by atoms with E-state index in [0.717, 1.165) is 5.56 Å². The molecular formula is C17H20N2O4S. The van der Waals surface area contributed by atoms with Gasteiger partial charge < -0.3 is 10.1 Å². The molecule has 0 heterocycles. The van der Waals surface area contributed by atoms with E-state index in [-0.39, 0.29) is 16.5 Å². The predicted molar refractivity (Wildman–Crippen MR) is 94.0 cm³/mol. The fourth-order valence-corrected chi connectivity index (χ4v) is 3.63. The first-order chi connectivity index (χ1) is 11.2. The Bertz CT molecular complexity index is 876. The zero-order valence-corrected chi connectivity index (χ0v) is 14.8. The molecule has 0 radical (unpaired) electrons. The first-order valence-corrected chi connectivity index (χ1v) is 8.77. The fraction of sp³-hybridized carbons (Fsp3) is 0.235. The van der Waals surface area contributed by atoms with Crippen LogP contribution < -0.4 is 14.8 Å². The molecule has 0 atom stereocenters. The van der Waals surface area contributed by atoms with Crippen molar-refractivity contribution in [2.45, 2.75) is 25.7 Å². The van der Waals surface area contributed by atoms with Gasteiger partial charge in [-0.3, -0.25) is 9.52 Å². The molecule has 0 saturated heterocycles. The number of ether oxygens (including phenoxy) is 1. The van der Waals surface area contributed by atoms with Gasteiger partial charge in [-0.2, -0.15) is 0 Å². The van der Waals surface area contributed by atoms with E-state index in [1.165, 1.54) is 20.1 Å². The summed E-state index contributed by atoms with van der Waals surface area (Å²) in [7, 11) is -2.32. The number of aryl methyl sites for hydroxylation is 2. The molecule has 0 spiro atoms. The van der Waals surface area contributed by atoms with Gasteiger partial charge in [-0.25, -0.2) is 8.42 Å². The van der Waals surface area contributed by atoms with Crippen LogP contribution in [0.2, 0.25) is 0 Å². The standard InChI is InChI=1S/C17H20N2O4S/c1-11-5-6-12(2)17(9-11)24(21,22)19-16-10-14(23-4)7-8-15(16)18-13(3)20/h5-10,19H,1-4H3,(H,18,20). The molecule has 0 bridgehead atoms. The van der Waals surface area contributed by atoms with Crippen molar-refractivity contribution in [1.29, 1.82) is 0 Å². The van der Waals surface area contributed by atoms with E-state index in [1.54, 1.807) is 31.2 Å². The van der Waals surface area contributed by atoms with Crippen molar-refractivity contribution in [3.8, 4) is 5.75 Å². The van der Waals surface area contributed by atoms with Gasteiger partial charge in [-0.15, -0.1) is 0 Å². The van der Waals surface area contributed by atoms with Gasteiger partial charge in [0.15, 0.2) is 0 Å². The summed E-state index contributed by atoms with van der Waals surface area (Å²) in [6.07, 6.45) is 0. The maximum atomic E-state index is 12.7. The van der Waals surface area contributed by atoms with Gasteiger partial charge in [0.2, 0.25) is 5.91 Å². The van der Waals surface area contributed by atoms with Crippen LogP contribution in [0, 0.1) is 13.8 Å². The Balaban J connectivity index is 2.48. The van der Waals surface area contributed by atoms with E-state index in [0.29, 0.717) is 17.0 Å². The Morgan fingerprint density at radius 2 is 1.75 bits per heavy atom. The van der Waals surface area contributed by atoms with Gasteiger partial charge in [-0.05, 0) is 43.2 Å². The smallest absolute Gasteiger partial charge is 0.262 e. The fourth-order valence-electron chi connectivity index (χ4n) is 2.23.